The van der Waals surface area contributed by atoms with Gasteiger partial charge in [-0.25, -0.2) is 0 Å². The van der Waals surface area contributed by atoms with Gasteiger partial charge in [-0.15, -0.1) is 0 Å². The van der Waals surface area contributed by atoms with Gasteiger partial charge in [0.25, 0.3) is 5.91 Å². The van der Waals surface area contributed by atoms with Crippen LogP contribution in [0, 0.1) is 0 Å². The first-order valence-electron chi connectivity index (χ1n) is 6.85. The van der Waals surface area contributed by atoms with Gasteiger partial charge in [-0.1, -0.05) is 27.5 Å². The van der Waals surface area contributed by atoms with E-state index < -0.39 is 0 Å². The lowest BCUT2D eigenvalue weighted by atomic mass is 9.98. The minimum atomic E-state index is -0.285. The summed E-state index contributed by atoms with van der Waals surface area (Å²) in [5, 5.41) is 0.509. The maximum absolute atomic E-state index is 12.7. The number of rotatable bonds is 3. The van der Waals surface area contributed by atoms with Crippen LogP contribution in [0.15, 0.2) is 22.7 Å². The summed E-state index contributed by atoms with van der Waals surface area (Å²) in [4.78, 5) is 25.9. The number of carbonyl (C=O) groups is 2. The predicted octanol–water partition coefficient (Wildman–Crippen LogP) is 3.66. The van der Waals surface area contributed by atoms with Gasteiger partial charge in [0.2, 0.25) is 0 Å². The summed E-state index contributed by atoms with van der Waals surface area (Å²) in [5.41, 5.74) is 0.533. The molecule has 4 nitrogen and oxygen atoms in total. The minimum absolute atomic E-state index is 0.0909. The van der Waals surface area contributed by atoms with Crippen molar-refractivity contribution in [2.45, 2.75) is 31.7 Å². The zero-order chi connectivity index (χ0) is 15.4. The Bertz CT molecular complexity index is 529. The topological polar surface area (TPSA) is 46.6 Å². The molecule has 0 saturated carbocycles. The van der Waals surface area contributed by atoms with Crippen LogP contribution in [0.5, 0.6) is 0 Å². The second kappa shape index (κ2) is 7.27. The highest BCUT2D eigenvalue weighted by Crippen LogP contribution is 2.25. The third kappa shape index (κ3) is 4.20. The molecule has 1 atom stereocenters. The highest BCUT2D eigenvalue weighted by molar-refractivity contribution is 9.10. The first-order chi connectivity index (χ1) is 10.0. The highest BCUT2D eigenvalue weighted by Gasteiger charge is 2.29. The van der Waals surface area contributed by atoms with Crippen molar-refractivity contribution in [2.75, 3.05) is 13.7 Å². The average Bonchev–Trinajstić information content (AvgIpc) is 2.46. The molecule has 114 valence electrons. The van der Waals surface area contributed by atoms with E-state index in [0.29, 0.717) is 17.1 Å². The van der Waals surface area contributed by atoms with E-state index >= 15 is 0 Å². The molecular formula is C15H17BrClNO3. The van der Waals surface area contributed by atoms with Crippen molar-refractivity contribution in [1.82, 2.24) is 4.90 Å². The van der Waals surface area contributed by atoms with E-state index in [2.05, 4.69) is 15.9 Å². The zero-order valence-corrected chi connectivity index (χ0v) is 14.1. The smallest absolute Gasteiger partial charge is 0.307 e. The van der Waals surface area contributed by atoms with E-state index in [0.717, 1.165) is 23.7 Å². The number of benzene rings is 1. The summed E-state index contributed by atoms with van der Waals surface area (Å²) >= 11 is 9.34. The number of likely N-dealkylation sites (tertiary alicyclic amines) is 1. The molecule has 0 N–H and O–H groups in total. The Kier molecular flexibility index (Phi) is 5.65. The van der Waals surface area contributed by atoms with Crippen LogP contribution >= 0.6 is 27.5 Å². The third-order valence-corrected chi connectivity index (χ3v) is 4.30. The highest BCUT2D eigenvalue weighted by atomic mass is 79.9. The molecule has 1 aliphatic rings. The molecule has 1 heterocycles. The maximum Gasteiger partial charge on any atom is 0.307 e. The van der Waals surface area contributed by atoms with Crippen molar-refractivity contribution in [2.24, 2.45) is 0 Å². The fourth-order valence-corrected chi connectivity index (χ4v) is 3.46. The van der Waals surface area contributed by atoms with Crippen LogP contribution in [0.4, 0.5) is 0 Å². The average molecular weight is 375 g/mol. The number of nitrogens with zero attached hydrogens (tertiary/aromatic N) is 1. The van der Waals surface area contributed by atoms with Gasteiger partial charge in [-0.2, -0.15) is 0 Å². The van der Waals surface area contributed by atoms with E-state index in [1.54, 1.807) is 23.1 Å². The number of esters is 1. The molecule has 1 aromatic carbocycles. The molecule has 1 aromatic rings. The summed E-state index contributed by atoms with van der Waals surface area (Å²) in [6, 6.07) is 5.04. The molecule has 1 aliphatic heterocycles. The van der Waals surface area contributed by atoms with Gasteiger partial charge in [0.05, 0.1) is 13.5 Å². The number of carbonyl (C=O) groups excluding carboxylic acids is 2. The summed E-state index contributed by atoms with van der Waals surface area (Å²) < 4.78 is 5.48. The summed E-state index contributed by atoms with van der Waals surface area (Å²) in [5.74, 6) is -0.376. The fraction of sp³-hybridized carbons (Fsp3) is 0.467. The van der Waals surface area contributed by atoms with Crippen molar-refractivity contribution in [3.8, 4) is 0 Å². The molecule has 1 amide bonds. The van der Waals surface area contributed by atoms with Crippen molar-refractivity contribution < 1.29 is 14.3 Å². The molecule has 0 radical (unpaired) electrons. The summed E-state index contributed by atoms with van der Waals surface area (Å²) in [6.07, 6.45) is 3.03. The Balaban J connectivity index is 2.19. The third-order valence-electron chi connectivity index (χ3n) is 3.63. The lowest BCUT2D eigenvalue weighted by molar-refractivity contribution is -0.142. The van der Waals surface area contributed by atoms with Crippen LogP contribution in [-0.2, 0) is 9.53 Å². The second-order valence-corrected chi connectivity index (χ2v) is 6.44. The van der Waals surface area contributed by atoms with Gasteiger partial charge in [-0.3, -0.25) is 9.59 Å². The Morgan fingerprint density at radius 3 is 2.81 bits per heavy atom. The molecular weight excluding hydrogens is 358 g/mol. The first-order valence-corrected chi connectivity index (χ1v) is 8.02. The number of halogens is 2. The molecule has 0 aliphatic carbocycles. The predicted molar refractivity (Wildman–Crippen MR) is 84.5 cm³/mol. The standard InChI is InChI=1S/C15H17BrClNO3/c1-21-14(19)9-13-4-2-3-5-18(13)15(20)10-6-11(16)8-12(17)7-10/h6-8,13H,2-5,9H2,1H3. The van der Waals surface area contributed by atoms with Crippen LogP contribution in [0.2, 0.25) is 5.02 Å². The Hall–Kier alpha value is -1.07. The van der Waals surface area contributed by atoms with E-state index in [9.17, 15) is 9.59 Å². The van der Waals surface area contributed by atoms with Gasteiger partial charge < -0.3 is 9.64 Å². The Morgan fingerprint density at radius 2 is 2.14 bits per heavy atom. The molecule has 0 spiro atoms. The lowest BCUT2D eigenvalue weighted by Crippen LogP contribution is -2.44. The number of piperidine rings is 1. The first kappa shape index (κ1) is 16.3. The second-order valence-electron chi connectivity index (χ2n) is 5.09. The molecule has 1 saturated heterocycles. The van der Waals surface area contributed by atoms with Crippen LogP contribution in [-0.4, -0.2) is 36.5 Å². The molecule has 6 heteroatoms. The number of hydrogen-bond acceptors (Lipinski definition) is 3. The quantitative estimate of drug-likeness (QED) is 0.759. The number of ether oxygens (including phenoxy) is 1. The summed E-state index contributed by atoms with van der Waals surface area (Å²) in [6.45, 7) is 0.657. The van der Waals surface area contributed by atoms with Crippen LogP contribution in [0.3, 0.4) is 0 Å². The van der Waals surface area contributed by atoms with Gasteiger partial charge in [0, 0.05) is 27.6 Å². The minimum Gasteiger partial charge on any atom is -0.469 e. The molecule has 0 aromatic heterocycles. The number of hydrogen-bond donors (Lipinski definition) is 0. The van der Waals surface area contributed by atoms with Gasteiger partial charge in [0.1, 0.15) is 0 Å². The summed E-state index contributed by atoms with van der Waals surface area (Å²) in [7, 11) is 1.37. The van der Waals surface area contributed by atoms with E-state index in [1.807, 2.05) is 0 Å². The van der Waals surface area contributed by atoms with Crippen molar-refractivity contribution in [1.29, 1.82) is 0 Å². The molecule has 0 bridgehead atoms. The van der Waals surface area contributed by atoms with Crippen molar-refractivity contribution in [3.63, 3.8) is 0 Å². The van der Waals surface area contributed by atoms with Gasteiger partial charge in [0.15, 0.2) is 0 Å². The lowest BCUT2D eigenvalue weighted by Gasteiger charge is -2.35. The molecule has 1 fully saturated rings. The molecule has 1 unspecified atom stereocenters. The Labute approximate surface area is 137 Å². The number of amides is 1. The maximum atomic E-state index is 12.7. The van der Waals surface area contributed by atoms with E-state index in [-0.39, 0.29) is 24.3 Å². The van der Waals surface area contributed by atoms with Gasteiger partial charge >= 0.3 is 5.97 Å². The SMILES string of the molecule is COC(=O)CC1CCCCN1C(=O)c1cc(Cl)cc(Br)c1. The Morgan fingerprint density at radius 1 is 1.38 bits per heavy atom. The van der Waals surface area contributed by atoms with Crippen LogP contribution in [0.1, 0.15) is 36.0 Å². The van der Waals surface area contributed by atoms with E-state index in [4.69, 9.17) is 16.3 Å². The largest absolute Gasteiger partial charge is 0.469 e. The van der Waals surface area contributed by atoms with Crippen molar-refractivity contribution in [3.05, 3.63) is 33.3 Å². The van der Waals surface area contributed by atoms with Crippen LogP contribution in [0.25, 0.3) is 0 Å². The van der Waals surface area contributed by atoms with E-state index in [1.165, 1.54) is 7.11 Å². The van der Waals surface area contributed by atoms with Crippen molar-refractivity contribution >= 4 is 39.4 Å². The fourth-order valence-electron chi connectivity index (χ4n) is 2.60. The number of methoxy groups -OCH3 is 1. The monoisotopic (exact) mass is 373 g/mol. The molecule has 2 rings (SSSR count). The molecule has 21 heavy (non-hydrogen) atoms. The van der Waals surface area contributed by atoms with Crippen LogP contribution < -0.4 is 0 Å². The van der Waals surface area contributed by atoms with Gasteiger partial charge in [-0.05, 0) is 37.5 Å². The zero-order valence-electron chi connectivity index (χ0n) is 11.8. The normalized spacial score (nSPS) is 18.4.